The third-order valence-corrected chi connectivity index (χ3v) is 3.12. The fourth-order valence-electron chi connectivity index (χ4n) is 2.37. The molecule has 1 amide bonds. The molecule has 2 unspecified atom stereocenters. The first-order valence-electron chi connectivity index (χ1n) is 5.47. The predicted octanol–water partition coefficient (Wildman–Crippen LogP) is -0.278. The number of aliphatic hydroxyl groups is 1. The van der Waals surface area contributed by atoms with Crippen LogP contribution in [-0.4, -0.2) is 47.7 Å². The summed E-state index contributed by atoms with van der Waals surface area (Å²) in [5, 5.41) is 12.4. The molecule has 2 heterocycles. The molecule has 2 aliphatic rings. The van der Waals surface area contributed by atoms with Crippen LogP contribution in [0.25, 0.3) is 0 Å². The Kier molecular flexibility index (Phi) is 3.03. The Morgan fingerprint density at radius 2 is 2.21 bits per heavy atom. The summed E-state index contributed by atoms with van der Waals surface area (Å²) in [5.74, 6) is 0.144. The first-order valence-corrected chi connectivity index (χ1v) is 5.47. The summed E-state index contributed by atoms with van der Waals surface area (Å²) < 4.78 is 0. The minimum atomic E-state index is -0.238. The number of carbonyl (C=O) groups excluding carboxylic acids is 1. The zero-order valence-corrected chi connectivity index (χ0v) is 8.41. The normalized spacial score (nSPS) is 35.4. The van der Waals surface area contributed by atoms with Crippen LogP contribution in [0.4, 0.5) is 0 Å². The van der Waals surface area contributed by atoms with Crippen molar-refractivity contribution in [1.29, 1.82) is 0 Å². The molecule has 2 fully saturated rings. The molecular weight excluding hydrogens is 180 g/mol. The van der Waals surface area contributed by atoms with Crippen molar-refractivity contribution in [3.05, 3.63) is 0 Å². The Labute approximate surface area is 84.3 Å². The second kappa shape index (κ2) is 4.28. The molecule has 0 aromatic rings. The quantitative estimate of drug-likeness (QED) is 0.609. The van der Waals surface area contributed by atoms with Crippen LogP contribution in [0.5, 0.6) is 0 Å². The first-order chi connectivity index (χ1) is 6.77. The molecule has 0 saturated carbocycles. The Morgan fingerprint density at radius 3 is 2.93 bits per heavy atom. The lowest BCUT2D eigenvalue weighted by Crippen LogP contribution is -2.54. The molecule has 0 bridgehead atoms. The van der Waals surface area contributed by atoms with E-state index < -0.39 is 0 Å². The lowest BCUT2D eigenvalue weighted by atomic mass is 10.0. The zero-order valence-electron chi connectivity index (χ0n) is 8.41. The molecule has 2 saturated heterocycles. The SMILES string of the molecule is O=C1NCCCC1N1CCCC(O)C1. The zero-order chi connectivity index (χ0) is 9.97. The molecule has 0 aliphatic carbocycles. The van der Waals surface area contributed by atoms with E-state index in [9.17, 15) is 9.90 Å². The Hall–Kier alpha value is -0.610. The maximum atomic E-state index is 11.6. The van der Waals surface area contributed by atoms with Crippen LogP contribution in [0.3, 0.4) is 0 Å². The summed E-state index contributed by atoms with van der Waals surface area (Å²) in [4.78, 5) is 13.7. The standard InChI is InChI=1S/C10H18N2O2/c13-8-3-2-6-12(7-8)9-4-1-5-11-10(9)14/h8-9,13H,1-7H2,(H,11,14). The molecule has 2 atom stereocenters. The van der Waals surface area contributed by atoms with Gasteiger partial charge in [-0.1, -0.05) is 0 Å². The summed E-state index contributed by atoms with van der Waals surface area (Å²) in [6, 6.07) is 0.0127. The van der Waals surface area contributed by atoms with E-state index in [1.165, 1.54) is 0 Å². The first kappa shape index (κ1) is 9.93. The minimum Gasteiger partial charge on any atom is -0.392 e. The lowest BCUT2D eigenvalue weighted by Gasteiger charge is -2.37. The summed E-state index contributed by atoms with van der Waals surface area (Å²) in [5.41, 5.74) is 0. The monoisotopic (exact) mass is 198 g/mol. The van der Waals surface area contributed by atoms with Crippen molar-refractivity contribution in [2.24, 2.45) is 0 Å². The van der Waals surface area contributed by atoms with Crippen LogP contribution in [0.1, 0.15) is 25.7 Å². The van der Waals surface area contributed by atoms with Crippen molar-refractivity contribution in [3.8, 4) is 0 Å². The Morgan fingerprint density at radius 1 is 1.36 bits per heavy atom. The molecule has 2 rings (SSSR count). The van der Waals surface area contributed by atoms with Crippen molar-refractivity contribution in [3.63, 3.8) is 0 Å². The van der Waals surface area contributed by atoms with Gasteiger partial charge in [-0.3, -0.25) is 9.69 Å². The summed E-state index contributed by atoms with van der Waals surface area (Å²) in [7, 11) is 0. The number of hydrogen-bond donors (Lipinski definition) is 2. The van der Waals surface area contributed by atoms with E-state index in [-0.39, 0.29) is 18.1 Å². The van der Waals surface area contributed by atoms with Crippen LogP contribution >= 0.6 is 0 Å². The van der Waals surface area contributed by atoms with Crippen LogP contribution < -0.4 is 5.32 Å². The average molecular weight is 198 g/mol. The molecule has 0 aromatic heterocycles. The number of likely N-dealkylation sites (tertiary alicyclic amines) is 1. The third-order valence-electron chi connectivity index (χ3n) is 3.12. The maximum absolute atomic E-state index is 11.6. The molecule has 4 heteroatoms. The number of rotatable bonds is 1. The maximum Gasteiger partial charge on any atom is 0.237 e. The van der Waals surface area contributed by atoms with Crippen molar-refractivity contribution in [2.45, 2.75) is 37.8 Å². The molecule has 4 nitrogen and oxygen atoms in total. The summed E-state index contributed by atoms with van der Waals surface area (Å²) in [6.07, 6.45) is 3.65. The average Bonchev–Trinajstić information content (AvgIpc) is 2.18. The van der Waals surface area contributed by atoms with Crippen LogP contribution in [-0.2, 0) is 4.79 Å². The van der Waals surface area contributed by atoms with E-state index >= 15 is 0 Å². The highest BCUT2D eigenvalue weighted by Crippen LogP contribution is 2.17. The van der Waals surface area contributed by atoms with Gasteiger partial charge in [0, 0.05) is 13.1 Å². The molecule has 2 N–H and O–H groups in total. The second-order valence-corrected chi connectivity index (χ2v) is 4.24. The number of β-amino-alcohol motifs (C(OH)–C–C–N with tert-alkyl or cyclic N) is 1. The molecule has 2 aliphatic heterocycles. The smallest absolute Gasteiger partial charge is 0.237 e. The van der Waals surface area contributed by atoms with Crippen molar-refractivity contribution < 1.29 is 9.90 Å². The van der Waals surface area contributed by atoms with Gasteiger partial charge in [-0.25, -0.2) is 0 Å². The van der Waals surface area contributed by atoms with Gasteiger partial charge in [0.2, 0.25) is 5.91 Å². The van der Waals surface area contributed by atoms with Gasteiger partial charge in [-0.15, -0.1) is 0 Å². The van der Waals surface area contributed by atoms with Crippen molar-refractivity contribution in [1.82, 2.24) is 10.2 Å². The topological polar surface area (TPSA) is 52.6 Å². The van der Waals surface area contributed by atoms with Gasteiger partial charge in [0.05, 0.1) is 12.1 Å². The molecule has 80 valence electrons. The largest absolute Gasteiger partial charge is 0.392 e. The third kappa shape index (κ3) is 2.07. The predicted molar refractivity (Wildman–Crippen MR) is 52.8 cm³/mol. The molecule has 0 radical (unpaired) electrons. The van der Waals surface area contributed by atoms with E-state index in [0.29, 0.717) is 6.54 Å². The van der Waals surface area contributed by atoms with Crippen LogP contribution in [0.2, 0.25) is 0 Å². The fraction of sp³-hybridized carbons (Fsp3) is 0.900. The van der Waals surface area contributed by atoms with Gasteiger partial charge in [-0.05, 0) is 32.2 Å². The lowest BCUT2D eigenvalue weighted by molar-refractivity contribution is -0.129. The fourth-order valence-corrected chi connectivity index (χ4v) is 2.37. The van der Waals surface area contributed by atoms with Gasteiger partial charge in [0.15, 0.2) is 0 Å². The number of piperidine rings is 2. The van der Waals surface area contributed by atoms with Crippen LogP contribution in [0.15, 0.2) is 0 Å². The molecular formula is C10H18N2O2. The summed E-state index contributed by atoms with van der Waals surface area (Å²) in [6.45, 7) is 2.43. The highest BCUT2D eigenvalue weighted by atomic mass is 16.3. The number of aliphatic hydroxyl groups excluding tert-OH is 1. The Bertz CT molecular complexity index is 220. The number of carbonyl (C=O) groups is 1. The van der Waals surface area contributed by atoms with E-state index in [2.05, 4.69) is 10.2 Å². The number of hydrogen-bond acceptors (Lipinski definition) is 3. The van der Waals surface area contributed by atoms with E-state index in [1.54, 1.807) is 0 Å². The van der Waals surface area contributed by atoms with E-state index in [0.717, 1.165) is 38.8 Å². The Balaban J connectivity index is 1.94. The van der Waals surface area contributed by atoms with E-state index in [1.807, 2.05) is 0 Å². The summed E-state index contributed by atoms with van der Waals surface area (Å²) >= 11 is 0. The van der Waals surface area contributed by atoms with E-state index in [4.69, 9.17) is 0 Å². The molecule has 0 aromatic carbocycles. The van der Waals surface area contributed by atoms with Gasteiger partial charge in [0.25, 0.3) is 0 Å². The second-order valence-electron chi connectivity index (χ2n) is 4.24. The highest BCUT2D eigenvalue weighted by Gasteiger charge is 2.31. The molecule has 14 heavy (non-hydrogen) atoms. The number of nitrogens with one attached hydrogen (secondary N) is 1. The van der Waals surface area contributed by atoms with Gasteiger partial charge in [0.1, 0.15) is 0 Å². The number of nitrogens with zero attached hydrogens (tertiary/aromatic N) is 1. The molecule has 0 spiro atoms. The highest BCUT2D eigenvalue weighted by molar-refractivity contribution is 5.82. The van der Waals surface area contributed by atoms with Gasteiger partial charge >= 0.3 is 0 Å². The van der Waals surface area contributed by atoms with Gasteiger partial charge in [-0.2, -0.15) is 0 Å². The van der Waals surface area contributed by atoms with Gasteiger partial charge < -0.3 is 10.4 Å². The number of amides is 1. The van der Waals surface area contributed by atoms with Crippen molar-refractivity contribution >= 4 is 5.91 Å². The minimum absolute atomic E-state index is 0.0127. The van der Waals surface area contributed by atoms with Crippen molar-refractivity contribution in [2.75, 3.05) is 19.6 Å². The van der Waals surface area contributed by atoms with Crippen LogP contribution in [0, 0.1) is 0 Å².